The van der Waals surface area contributed by atoms with E-state index in [2.05, 4.69) is 0 Å². The Morgan fingerprint density at radius 2 is 1.59 bits per heavy atom. The summed E-state index contributed by atoms with van der Waals surface area (Å²) in [5.74, 6) is -0.154. The van der Waals surface area contributed by atoms with E-state index in [-0.39, 0.29) is 17.4 Å². The zero-order chi connectivity index (χ0) is 17.3. The van der Waals surface area contributed by atoms with Crippen molar-refractivity contribution in [3.05, 3.63) is 35.6 Å². The number of halogens is 1. The molecule has 0 saturated carbocycles. The summed E-state index contributed by atoms with van der Waals surface area (Å²) in [6.45, 7) is 12.7. The van der Waals surface area contributed by atoms with Gasteiger partial charge < -0.3 is 0 Å². The standard InChI is InChI=1S/C18H27FO2S/c1-13(20)17(5,6)18(7,12-22(21)16(2,3)4)14-10-8-9-11-15(14)19/h8-11H,12H2,1-7H3/t18-,22+/m1/s1. The number of hydrogen-bond donors (Lipinski definition) is 0. The highest BCUT2D eigenvalue weighted by Crippen LogP contribution is 2.44. The molecule has 124 valence electrons. The van der Waals surface area contributed by atoms with Crippen LogP contribution in [-0.4, -0.2) is 20.5 Å². The van der Waals surface area contributed by atoms with Gasteiger partial charge in [-0.2, -0.15) is 0 Å². The molecule has 0 saturated heterocycles. The Hall–Kier alpha value is -1.03. The normalized spacial score (nSPS) is 16.9. The maximum absolute atomic E-state index is 14.4. The number of benzene rings is 1. The first-order valence-corrected chi connectivity index (χ1v) is 8.80. The van der Waals surface area contributed by atoms with E-state index in [0.717, 1.165) is 0 Å². The Morgan fingerprint density at radius 1 is 1.09 bits per heavy atom. The molecular formula is C18H27FO2S. The first kappa shape index (κ1) is 19.0. The Labute approximate surface area is 136 Å². The molecule has 0 bridgehead atoms. The molecule has 22 heavy (non-hydrogen) atoms. The summed E-state index contributed by atoms with van der Waals surface area (Å²) in [6, 6.07) is 6.47. The average Bonchev–Trinajstić information content (AvgIpc) is 2.37. The predicted octanol–water partition coefficient (Wildman–Crippen LogP) is 4.25. The Bertz CT molecular complexity index is 587. The molecule has 0 aliphatic heterocycles. The van der Waals surface area contributed by atoms with Gasteiger partial charge in [0, 0.05) is 32.1 Å². The molecule has 0 aromatic heterocycles. The summed E-state index contributed by atoms with van der Waals surface area (Å²) in [4.78, 5) is 12.2. The van der Waals surface area contributed by atoms with E-state index in [0.29, 0.717) is 5.56 Å². The Balaban J connectivity index is 3.50. The van der Waals surface area contributed by atoms with E-state index in [1.165, 1.54) is 13.0 Å². The molecule has 1 aromatic rings. The van der Waals surface area contributed by atoms with Gasteiger partial charge in [-0.1, -0.05) is 39.0 Å². The highest BCUT2D eigenvalue weighted by Gasteiger charge is 2.48. The van der Waals surface area contributed by atoms with Crippen molar-refractivity contribution in [1.29, 1.82) is 0 Å². The van der Waals surface area contributed by atoms with Crippen LogP contribution < -0.4 is 0 Å². The van der Waals surface area contributed by atoms with Crippen molar-refractivity contribution in [2.45, 2.75) is 58.6 Å². The summed E-state index contributed by atoms with van der Waals surface area (Å²) >= 11 is 0. The largest absolute Gasteiger partial charge is 0.299 e. The maximum Gasteiger partial charge on any atom is 0.136 e. The summed E-state index contributed by atoms with van der Waals surface area (Å²) in [5, 5.41) is 0. The number of hydrogen-bond acceptors (Lipinski definition) is 2. The third-order valence-electron chi connectivity index (χ3n) is 4.83. The number of carbonyl (C=O) groups excluding carboxylic acids is 1. The Morgan fingerprint density at radius 3 is 2.00 bits per heavy atom. The minimum atomic E-state index is -1.20. The Kier molecular flexibility index (Phi) is 5.38. The van der Waals surface area contributed by atoms with Crippen molar-refractivity contribution in [2.75, 3.05) is 5.75 Å². The third-order valence-corrected chi connectivity index (χ3v) is 7.04. The SMILES string of the molecule is CC(=O)C(C)(C)[C@](C)(C[S@](=O)C(C)(C)C)c1ccccc1F. The predicted molar refractivity (Wildman–Crippen MR) is 91.0 cm³/mol. The third kappa shape index (κ3) is 3.48. The van der Waals surface area contributed by atoms with Gasteiger partial charge in [0.15, 0.2) is 0 Å². The first-order chi connectivity index (χ1) is 9.84. The van der Waals surface area contributed by atoms with Crippen LogP contribution in [0.5, 0.6) is 0 Å². The van der Waals surface area contributed by atoms with Crippen molar-refractivity contribution in [2.24, 2.45) is 5.41 Å². The van der Waals surface area contributed by atoms with Gasteiger partial charge in [-0.05, 0) is 39.3 Å². The van der Waals surface area contributed by atoms with Gasteiger partial charge in [0.1, 0.15) is 11.6 Å². The monoisotopic (exact) mass is 326 g/mol. The molecule has 0 amide bonds. The number of rotatable bonds is 5. The van der Waals surface area contributed by atoms with Crippen LogP contribution in [0.15, 0.2) is 24.3 Å². The molecule has 0 N–H and O–H groups in total. The fraction of sp³-hybridized carbons (Fsp3) is 0.611. The molecule has 0 radical (unpaired) electrons. The minimum Gasteiger partial charge on any atom is -0.299 e. The van der Waals surface area contributed by atoms with Gasteiger partial charge in [0.25, 0.3) is 0 Å². The van der Waals surface area contributed by atoms with E-state index in [1.807, 2.05) is 41.5 Å². The van der Waals surface area contributed by atoms with E-state index >= 15 is 0 Å². The van der Waals surface area contributed by atoms with Crippen LogP contribution in [0.4, 0.5) is 4.39 Å². The van der Waals surface area contributed by atoms with Crippen LogP contribution in [0.3, 0.4) is 0 Å². The first-order valence-electron chi connectivity index (χ1n) is 7.48. The molecule has 1 rings (SSSR count). The number of Topliss-reactive ketones (excluding diaryl/α,β-unsaturated/α-hetero) is 1. The van der Waals surface area contributed by atoms with Crippen molar-refractivity contribution in [1.82, 2.24) is 0 Å². The fourth-order valence-corrected chi connectivity index (χ4v) is 3.84. The van der Waals surface area contributed by atoms with Gasteiger partial charge in [-0.3, -0.25) is 9.00 Å². The van der Waals surface area contributed by atoms with Crippen LogP contribution in [0.2, 0.25) is 0 Å². The molecule has 4 heteroatoms. The molecular weight excluding hydrogens is 299 g/mol. The second kappa shape index (κ2) is 6.23. The molecule has 2 nitrogen and oxygen atoms in total. The minimum absolute atomic E-state index is 0.0378. The van der Waals surface area contributed by atoms with Crippen LogP contribution >= 0.6 is 0 Å². The second-order valence-corrected chi connectivity index (χ2v) is 9.80. The average molecular weight is 326 g/mol. The molecule has 0 aliphatic rings. The van der Waals surface area contributed by atoms with Crippen LogP contribution in [0.25, 0.3) is 0 Å². The van der Waals surface area contributed by atoms with Crippen molar-refractivity contribution in [3.63, 3.8) is 0 Å². The van der Waals surface area contributed by atoms with E-state index in [1.54, 1.807) is 18.2 Å². The smallest absolute Gasteiger partial charge is 0.136 e. The molecule has 1 aromatic carbocycles. The summed E-state index contributed by atoms with van der Waals surface area (Å²) in [6.07, 6.45) is 0. The molecule has 0 aliphatic carbocycles. The van der Waals surface area contributed by atoms with E-state index < -0.39 is 26.4 Å². The lowest BCUT2D eigenvalue weighted by molar-refractivity contribution is -0.127. The summed E-state index contributed by atoms with van der Waals surface area (Å²) in [5.41, 5.74) is -1.22. The van der Waals surface area contributed by atoms with Crippen LogP contribution in [-0.2, 0) is 21.0 Å². The zero-order valence-corrected chi connectivity index (χ0v) is 15.4. The van der Waals surface area contributed by atoms with Crippen molar-refractivity contribution >= 4 is 16.6 Å². The topological polar surface area (TPSA) is 34.1 Å². The molecule has 0 heterocycles. The maximum atomic E-state index is 14.4. The fourth-order valence-electron chi connectivity index (χ4n) is 2.37. The number of ketones is 1. The van der Waals surface area contributed by atoms with Crippen molar-refractivity contribution < 1.29 is 13.4 Å². The quantitative estimate of drug-likeness (QED) is 0.811. The van der Waals surface area contributed by atoms with Gasteiger partial charge in [0.05, 0.1) is 0 Å². The lowest BCUT2D eigenvalue weighted by atomic mass is 9.62. The second-order valence-electron chi connectivity index (χ2n) is 7.60. The van der Waals surface area contributed by atoms with Gasteiger partial charge in [-0.25, -0.2) is 4.39 Å². The zero-order valence-electron chi connectivity index (χ0n) is 14.6. The lowest BCUT2D eigenvalue weighted by Gasteiger charge is -2.44. The van der Waals surface area contributed by atoms with E-state index in [4.69, 9.17) is 0 Å². The van der Waals surface area contributed by atoms with Crippen LogP contribution in [0.1, 0.15) is 54.0 Å². The van der Waals surface area contributed by atoms with E-state index in [9.17, 15) is 13.4 Å². The van der Waals surface area contributed by atoms with Gasteiger partial charge >= 0.3 is 0 Å². The molecule has 2 atom stereocenters. The molecule has 0 unspecified atom stereocenters. The van der Waals surface area contributed by atoms with Crippen molar-refractivity contribution in [3.8, 4) is 0 Å². The molecule has 0 spiro atoms. The van der Waals surface area contributed by atoms with Gasteiger partial charge in [-0.15, -0.1) is 0 Å². The molecule has 0 fully saturated rings. The van der Waals surface area contributed by atoms with Crippen LogP contribution in [0, 0.1) is 11.2 Å². The highest BCUT2D eigenvalue weighted by atomic mass is 32.2. The summed E-state index contributed by atoms with van der Waals surface area (Å²) < 4.78 is 26.7. The van der Waals surface area contributed by atoms with Gasteiger partial charge in [0.2, 0.25) is 0 Å². The summed E-state index contributed by atoms with van der Waals surface area (Å²) in [7, 11) is -1.20. The highest BCUT2D eigenvalue weighted by molar-refractivity contribution is 7.86. The number of carbonyl (C=O) groups is 1. The lowest BCUT2D eigenvalue weighted by Crippen LogP contribution is -2.50.